The molecular formula is C13H17F3NO4PS. The van der Waals surface area contributed by atoms with Crippen molar-refractivity contribution in [1.82, 2.24) is 0 Å². The van der Waals surface area contributed by atoms with Crippen LogP contribution in [0.25, 0.3) is 0 Å². The largest absolute Gasteiger partial charge is 0.443 e. The minimum atomic E-state index is -4.86. The fourth-order valence-corrected chi connectivity index (χ4v) is 3.34. The topological polar surface area (TPSA) is 61.6 Å². The van der Waals surface area contributed by atoms with Crippen molar-refractivity contribution in [3.63, 3.8) is 0 Å². The van der Waals surface area contributed by atoms with Crippen molar-refractivity contribution in [1.29, 1.82) is 0 Å². The monoisotopic (exact) mass is 371 g/mol. The number of unbranched alkanes of at least 4 members (excludes halogenated alkanes) is 1. The van der Waals surface area contributed by atoms with Gasteiger partial charge in [-0.05, 0) is 30.4 Å². The lowest BCUT2D eigenvalue weighted by molar-refractivity contribution is -0.388. The maximum atomic E-state index is 12.9. The summed E-state index contributed by atoms with van der Waals surface area (Å²) in [6.45, 7) is 1.28. The first-order valence-electron chi connectivity index (χ1n) is 6.91. The quantitative estimate of drug-likeness (QED) is 0.274. The highest BCUT2D eigenvalue weighted by atomic mass is 32.5. The predicted octanol–water partition coefficient (Wildman–Crippen LogP) is 5.14. The van der Waals surface area contributed by atoms with Crippen LogP contribution < -0.4 is 4.52 Å². The van der Waals surface area contributed by atoms with Crippen LogP contribution in [0.4, 0.5) is 18.9 Å². The van der Waals surface area contributed by atoms with Crippen LogP contribution in [0.15, 0.2) is 18.2 Å². The summed E-state index contributed by atoms with van der Waals surface area (Å²) >= 11 is 5.27. The molecule has 1 atom stereocenters. The fourth-order valence-electron chi connectivity index (χ4n) is 1.65. The molecule has 1 aromatic carbocycles. The lowest BCUT2D eigenvalue weighted by Gasteiger charge is -2.22. The van der Waals surface area contributed by atoms with E-state index in [0.717, 1.165) is 25.0 Å². The number of rotatable bonds is 8. The van der Waals surface area contributed by atoms with E-state index in [1.54, 1.807) is 6.92 Å². The Morgan fingerprint density at radius 1 is 1.35 bits per heavy atom. The van der Waals surface area contributed by atoms with E-state index in [9.17, 15) is 23.3 Å². The predicted molar refractivity (Wildman–Crippen MR) is 84.4 cm³/mol. The number of nitro benzene ring substituents is 1. The van der Waals surface area contributed by atoms with Crippen molar-refractivity contribution in [2.75, 3.05) is 12.8 Å². The molecule has 0 amide bonds. The van der Waals surface area contributed by atoms with Crippen molar-refractivity contribution < 1.29 is 27.1 Å². The van der Waals surface area contributed by atoms with Crippen molar-refractivity contribution in [2.24, 2.45) is 0 Å². The van der Waals surface area contributed by atoms with Crippen molar-refractivity contribution >= 4 is 24.0 Å². The van der Waals surface area contributed by atoms with Gasteiger partial charge in [-0.25, -0.2) is 0 Å². The summed E-state index contributed by atoms with van der Waals surface area (Å²) < 4.78 is 49.8. The first-order chi connectivity index (χ1) is 10.6. The summed E-state index contributed by atoms with van der Waals surface area (Å²) in [5, 5.41) is 10.7. The Bertz CT molecular complexity index is 609. The molecule has 0 aromatic heterocycles. The molecule has 0 aliphatic heterocycles. The Hall–Kier alpha value is -1.18. The highest BCUT2D eigenvalue weighted by Gasteiger charge is 2.39. The van der Waals surface area contributed by atoms with Gasteiger partial charge in [0.05, 0.1) is 11.5 Å². The SMILES string of the molecule is CCCCOP(=S)(CC)Oc1ccc([N+](=O)[O-])c(C(F)(F)F)c1. The van der Waals surface area contributed by atoms with Crippen LogP contribution in [0.5, 0.6) is 5.75 Å². The van der Waals surface area contributed by atoms with E-state index in [-0.39, 0.29) is 5.75 Å². The van der Waals surface area contributed by atoms with Gasteiger partial charge in [0.1, 0.15) is 11.3 Å². The van der Waals surface area contributed by atoms with Gasteiger partial charge in [-0.15, -0.1) is 0 Å². The third-order valence-electron chi connectivity index (χ3n) is 2.89. The molecule has 0 saturated carbocycles. The molecule has 0 heterocycles. The molecule has 5 nitrogen and oxygen atoms in total. The van der Waals surface area contributed by atoms with E-state index in [4.69, 9.17) is 20.9 Å². The minimum Gasteiger partial charge on any atom is -0.443 e. The second-order valence-electron chi connectivity index (χ2n) is 4.64. The van der Waals surface area contributed by atoms with Gasteiger partial charge < -0.3 is 9.05 Å². The van der Waals surface area contributed by atoms with E-state index in [1.165, 1.54) is 0 Å². The zero-order valence-corrected chi connectivity index (χ0v) is 14.3. The number of halogens is 3. The van der Waals surface area contributed by atoms with Gasteiger partial charge in [0, 0.05) is 12.2 Å². The van der Waals surface area contributed by atoms with E-state index in [1.807, 2.05) is 6.92 Å². The van der Waals surface area contributed by atoms with Crippen LogP contribution in [0, 0.1) is 10.1 Å². The van der Waals surface area contributed by atoms with Crippen molar-refractivity contribution in [2.45, 2.75) is 32.9 Å². The number of nitro groups is 1. The minimum absolute atomic E-state index is 0.176. The van der Waals surface area contributed by atoms with Gasteiger partial charge in [0.15, 0.2) is 0 Å². The van der Waals surface area contributed by atoms with Crippen LogP contribution in [0.2, 0.25) is 0 Å². The molecule has 0 radical (unpaired) electrons. The van der Waals surface area contributed by atoms with Crippen molar-refractivity contribution in [3.05, 3.63) is 33.9 Å². The third kappa shape index (κ3) is 5.75. The van der Waals surface area contributed by atoms with Gasteiger partial charge >= 0.3 is 6.18 Å². The Labute approximate surface area is 137 Å². The molecule has 0 spiro atoms. The first-order valence-corrected chi connectivity index (χ1v) is 9.74. The highest BCUT2D eigenvalue weighted by Crippen LogP contribution is 2.49. The van der Waals surface area contributed by atoms with Crippen LogP contribution in [0.3, 0.4) is 0 Å². The third-order valence-corrected chi connectivity index (χ3v) is 6.04. The molecule has 0 aliphatic rings. The molecule has 0 bridgehead atoms. The van der Waals surface area contributed by atoms with Gasteiger partial charge in [-0.1, -0.05) is 20.3 Å². The Morgan fingerprint density at radius 2 is 2.00 bits per heavy atom. The van der Waals surface area contributed by atoms with E-state index in [0.29, 0.717) is 18.8 Å². The summed E-state index contributed by atoms with van der Waals surface area (Å²) in [6.07, 6.45) is -2.88. The van der Waals surface area contributed by atoms with Gasteiger partial charge in [-0.2, -0.15) is 13.2 Å². The molecular weight excluding hydrogens is 354 g/mol. The molecule has 0 saturated heterocycles. The number of nitrogens with zero attached hydrogens (tertiary/aromatic N) is 1. The Kier molecular flexibility index (Phi) is 6.98. The van der Waals surface area contributed by atoms with E-state index >= 15 is 0 Å². The molecule has 1 aromatic rings. The summed E-state index contributed by atoms with van der Waals surface area (Å²) in [7, 11) is 0. The Morgan fingerprint density at radius 3 is 2.48 bits per heavy atom. The average Bonchev–Trinajstić information content (AvgIpc) is 2.46. The van der Waals surface area contributed by atoms with Crippen molar-refractivity contribution in [3.8, 4) is 5.75 Å². The van der Waals surface area contributed by atoms with Gasteiger partial charge in [0.25, 0.3) is 5.69 Å². The number of hydrogen-bond donors (Lipinski definition) is 0. The van der Waals surface area contributed by atoms with Crippen LogP contribution in [0.1, 0.15) is 32.3 Å². The van der Waals surface area contributed by atoms with Gasteiger partial charge in [-0.3, -0.25) is 10.1 Å². The van der Waals surface area contributed by atoms with Gasteiger partial charge in [0.2, 0.25) is 6.49 Å². The van der Waals surface area contributed by atoms with Crippen LogP contribution in [-0.4, -0.2) is 17.7 Å². The fraction of sp³-hybridized carbons (Fsp3) is 0.538. The smallest absolute Gasteiger partial charge is 0.423 e. The summed E-state index contributed by atoms with van der Waals surface area (Å²) in [5.74, 6) is -0.176. The summed E-state index contributed by atoms with van der Waals surface area (Å²) in [5.41, 5.74) is -2.40. The first kappa shape index (κ1) is 19.9. The maximum Gasteiger partial charge on any atom is 0.423 e. The standard InChI is InChI=1S/C13H17F3NO4PS/c1-3-5-8-20-22(23,4-2)21-10-6-7-12(17(18)19)11(9-10)13(14,15)16/h6-7,9H,3-5,8H2,1-2H3. The molecule has 1 unspecified atom stereocenters. The normalized spacial score (nSPS) is 14.3. The Balaban J connectivity index is 3.09. The molecule has 23 heavy (non-hydrogen) atoms. The molecule has 0 N–H and O–H groups in total. The second kappa shape index (κ2) is 8.08. The second-order valence-corrected chi connectivity index (χ2v) is 8.60. The molecule has 10 heteroatoms. The molecule has 130 valence electrons. The molecule has 0 aliphatic carbocycles. The maximum absolute atomic E-state index is 12.9. The van der Waals surface area contributed by atoms with E-state index < -0.39 is 28.8 Å². The number of alkyl halides is 3. The zero-order chi connectivity index (χ0) is 17.7. The zero-order valence-electron chi connectivity index (χ0n) is 12.6. The summed E-state index contributed by atoms with van der Waals surface area (Å²) in [6, 6.07) is 2.46. The number of benzene rings is 1. The van der Waals surface area contributed by atoms with E-state index in [2.05, 4.69) is 0 Å². The van der Waals surface area contributed by atoms with Crippen LogP contribution >= 0.6 is 6.49 Å². The lowest BCUT2D eigenvalue weighted by Crippen LogP contribution is -2.09. The average molecular weight is 371 g/mol. The van der Waals surface area contributed by atoms with Crippen LogP contribution in [-0.2, 0) is 22.5 Å². The summed E-state index contributed by atoms with van der Waals surface area (Å²) in [4.78, 5) is 9.64. The molecule has 1 rings (SSSR count). The highest BCUT2D eigenvalue weighted by molar-refractivity contribution is 8.10. The molecule has 0 fully saturated rings. The number of hydrogen-bond acceptors (Lipinski definition) is 5. The lowest BCUT2D eigenvalue weighted by atomic mass is 10.1.